The lowest BCUT2D eigenvalue weighted by molar-refractivity contribution is 0.0934. The summed E-state index contributed by atoms with van der Waals surface area (Å²) in [7, 11) is 0. The Morgan fingerprint density at radius 2 is 1.92 bits per heavy atom. The Hall–Kier alpha value is -1.56. The standard InChI is InChI=1S/C19H25ClN4O/c20-19-15-23(10-11-25-19)18-12-21-24(14-18)17-6-8-22(9-7-17)13-16-4-2-1-3-5-16/h1-5,12,14,17,19H,6-11,13,15H2. The third-order valence-electron chi connectivity index (χ3n) is 5.16. The molecular weight excluding hydrogens is 336 g/mol. The van der Waals surface area contributed by atoms with Crippen LogP contribution in [0, 0.1) is 0 Å². The number of piperidine rings is 1. The third kappa shape index (κ3) is 4.17. The van der Waals surface area contributed by atoms with E-state index in [1.807, 2.05) is 6.20 Å². The van der Waals surface area contributed by atoms with Crippen molar-refractivity contribution in [3.05, 3.63) is 48.3 Å². The fraction of sp³-hybridized carbons (Fsp3) is 0.526. The van der Waals surface area contributed by atoms with E-state index in [0.29, 0.717) is 12.6 Å². The van der Waals surface area contributed by atoms with Gasteiger partial charge in [0.25, 0.3) is 0 Å². The number of nitrogens with zero attached hydrogens (tertiary/aromatic N) is 4. The first-order valence-corrected chi connectivity index (χ1v) is 9.52. The minimum Gasteiger partial charge on any atom is -0.363 e. The molecule has 2 saturated heterocycles. The van der Waals surface area contributed by atoms with E-state index in [1.165, 1.54) is 5.56 Å². The van der Waals surface area contributed by atoms with Gasteiger partial charge in [0.15, 0.2) is 0 Å². The van der Waals surface area contributed by atoms with Crippen LogP contribution in [-0.4, -0.2) is 53.0 Å². The maximum atomic E-state index is 6.10. The Kier molecular flexibility index (Phi) is 5.25. The van der Waals surface area contributed by atoms with Gasteiger partial charge in [0.2, 0.25) is 0 Å². The van der Waals surface area contributed by atoms with Gasteiger partial charge in [-0.3, -0.25) is 9.58 Å². The summed E-state index contributed by atoms with van der Waals surface area (Å²) in [4.78, 5) is 4.80. The molecule has 4 rings (SSSR count). The molecule has 6 heteroatoms. The number of aromatic nitrogens is 2. The van der Waals surface area contributed by atoms with Gasteiger partial charge in [0.05, 0.1) is 31.1 Å². The number of rotatable bonds is 4. The lowest BCUT2D eigenvalue weighted by atomic mass is 10.0. The molecule has 1 aromatic carbocycles. The topological polar surface area (TPSA) is 33.5 Å². The molecule has 25 heavy (non-hydrogen) atoms. The van der Waals surface area contributed by atoms with E-state index in [9.17, 15) is 0 Å². The first-order valence-electron chi connectivity index (χ1n) is 9.09. The van der Waals surface area contributed by atoms with Crippen LogP contribution in [0.3, 0.4) is 0 Å². The SMILES string of the molecule is ClC1CN(c2cnn(C3CCN(Cc4ccccc4)CC3)c2)CCO1. The maximum Gasteiger partial charge on any atom is 0.148 e. The molecule has 134 valence electrons. The number of alkyl halides is 1. The molecule has 5 nitrogen and oxygen atoms in total. The Morgan fingerprint density at radius 3 is 2.68 bits per heavy atom. The molecular formula is C19H25ClN4O. The molecule has 3 heterocycles. The van der Waals surface area contributed by atoms with Crippen LogP contribution >= 0.6 is 11.6 Å². The Balaban J connectivity index is 1.32. The van der Waals surface area contributed by atoms with E-state index in [4.69, 9.17) is 16.3 Å². The number of ether oxygens (including phenoxy) is 1. The Labute approximate surface area is 154 Å². The molecule has 2 aliphatic heterocycles. The van der Waals surface area contributed by atoms with Crippen molar-refractivity contribution in [3.8, 4) is 0 Å². The minimum atomic E-state index is -0.224. The number of morpholine rings is 1. The van der Waals surface area contributed by atoms with Crippen LogP contribution in [0.1, 0.15) is 24.4 Å². The summed E-state index contributed by atoms with van der Waals surface area (Å²) in [5.74, 6) is 0. The molecule has 2 aromatic rings. The molecule has 1 unspecified atom stereocenters. The van der Waals surface area contributed by atoms with Crippen LogP contribution in [-0.2, 0) is 11.3 Å². The van der Waals surface area contributed by atoms with Gasteiger partial charge in [-0.05, 0) is 18.4 Å². The molecule has 1 atom stereocenters. The average molecular weight is 361 g/mol. The van der Waals surface area contributed by atoms with Gasteiger partial charge in [-0.1, -0.05) is 41.9 Å². The van der Waals surface area contributed by atoms with Crippen LogP contribution < -0.4 is 4.90 Å². The zero-order valence-corrected chi connectivity index (χ0v) is 15.2. The van der Waals surface area contributed by atoms with Crippen molar-refractivity contribution in [2.24, 2.45) is 0 Å². The van der Waals surface area contributed by atoms with Crippen LogP contribution in [0.5, 0.6) is 0 Å². The average Bonchev–Trinajstić information content (AvgIpc) is 3.13. The summed E-state index contributed by atoms with van der Waals surface area (Å²) in [6.07, 6.45) is 6.43. The van der Waals surface area contributed by atoms with Crippen molar-refractivity contribution >= 4 is 17.3 Å². The highest BCUT2D eigenvalue weighted by atomic mass is 35.5. The lowest BCUT2D eigenvalue weighted by Crippen LogP contribution is -2.40. The van der Waals surface area contributed by atoms with E-state index in [1.54, 1.807) is 0 Å². The van der Waals surface area contributed by atoms with E-state index < -0.39 is 0 Å². The van der Waals surface area contributed by atoms with Gasteiger partial charge in [0, 0.05) is 32.4 Å². The van der Waals surface area contributed by atoms with Gasteiger partial charge in [-0.25, -0.2) is 0 Å². The number of hydrogen-bond acceptors (Lipinski definition) is 4. The fourth-order valence-corrected chi connectivity index (χ4v) is 3.97. The van der Waals surface area contributed by atoms with Gasteiger partial charge in [-0.2, -0.15) is 5.10 Å². The lowest BCUT2D eigenvalue weighted by Gasteiger charge is -2.32. The second kappa shape index (κ2) is 7.77. The Morgan fingerprint density at radius 1 is 1.12 bits per heavy atom. The predicted octanol–water partition coefficient (Wildman–Crippen LogP) is 3.12. The van der Waals surface area contributed by atoms with Crippen LogP contribution in [0.2, 0.25) is 0 Å². The van der Waals surface area contributed by atoms with Gasteiger partial charge in [-0.15, -0.1) is 0 Å². The predicted molar refractivity (Wildman–Crippen MR) is 100 cm³/mol. The number of likely N-dealkylation sites (tertiary alicyclic amines) is 1. The summed E-state index contributed by atoms with van der Waals surface area (Å²) in [5, 5.41) is 4.62. The molecule has 0 aliphatic carbocycles. The van der Waals surface area contributed by atoms with Crippen LogP contribution in [0.25, 0.3) is 0 Å². The second-order valence-corrected chi connectivity index (χ2v) is 7.39. The largest absolute Gasteiger partial charge is 0.363 e. The third-order valence-corrected chi connectivity index (χ3v) is 5.42. The van der Waals surface area contributed by atoms with E-state index in [2.05, 4.69) is 56.1 Å². The molecule has 0 radical (unpaired) electrons. The van der Waals surface area contributed by atoms with Crippen molar-refractivity contribution in [3.63, 3.8) is 0 Å². The summed E-state index contributed by atoms with van der Waals surface area (Å²) >= 11 is 6.10. The highest BCUT2D eigenvalue weighted by molar-refractivity contribution is 6.20. The van der Waals surface area contributed by atoms with Crippen molar-refractivity contribution in [1.29, 1.82) is 0 Å². The molecule has 0 N–H and O–H groups in total. The molecule has 1 aromatic heterocycles. The smallest absolute Gasteiger partial charge is 0.148 e. The van der Waals surface area contributed by atoms with Crippen LogP contribution in [0.15, 0.2) is 42.7 Å². The number of benzene rings is 1. The number of hydrogen-bond donors (Lipinski definition) is 0. The van der Waals surface area contributed by atoms with Crippen molar-refractivity contribution in [2.45, 2.75) is 31.0 Å². The zero-order valence-electron chi connectivity index (χ0n) is 14.4. The Bertz CT molecular complexity index is 669. The summed E-state index contributed by atoms with van der Waals surface area (Å²) in [6, 6.07) is 11.2. The summed E-state index contributed by atoms with van der Waals surface area (Å²) < 4.78 is 7.55. The van der Waals surface area contributed by atoms with Gasteiger partial charge >= 0.3 is 0 Å². The quantitative estimate of drug-likeness (QED) is 0.784. The normalized spacial score (nSPS) is 23.1. The van der Waals surface area contributed by atoms with E-state index >= 15 is 0 Å². The molecule has 0 spiro atoms. The minimum absolute atomic E-state index is 0.224. The van der Waals surface area contributed by atoms with Crippen LogP contribution in [0.4, 0.5) is 5.69 Å². The molecule has 0 saturated carbocycles. The highest BCUT2D eigenvalue weighted by Crippen LogP contribution is 2.26. The van der Waals surface area contributed by atoms with Crippen molar-refractivity contribution < 1.29 is 4.74 Å². The van der Waals surface area contributed by atoms with Crippen molar-refractivity contribution in [2.75, 3.05) is 37.7 Å². The summed E-state index contributed by atoms with van der Waals surface area (Å²) in [5.41, 5.74) is 2.32. The van der Waals surface area contributed by atoms with Gasteiger partial charge < -0.3 is 9.64 Å². The van der Waals surface area contributed by atoms with Crippen molar-refractivity contribution in [1.82, 2.24) is 14.7 Å². The number of anilines is 1. The highest BCUT2D eigenvalue weighted by Gasteiger charge is 2.23. The molecule has 2 fully saturated rings. The first kappa shape index (κ1) is 16.9. The second-order valence-electron chi connectivity index (χ2n) is 6.90. The first-order chi connectivity index (χ1) is 12.3. The summed E-state index contributed by atoms with van der Waals surface area (Å²) in [6.45, 7) is 5.57. The fourth-order valence-electron chi connectivity index (χ4n) is 3.72. The molecule has 2 aliphatic rings. The monoisotopic (exact) mass is 360 g/mol. The van der Waals surface area contributed by atoms with E-state index in [-0.39, 0.29) is 5.56 Å². The molecule has 0 amide bonds. The maximum absolute atomic E-state index is 6.10. The van der Waals surface area contributed by atoms with Gasteiger partial charge in [0.1, 0.15) is 5.56 Å². The van der Waals surface area contributed by atoms with E-state index in [0.717, 1.165) is 51.3 Å². The number of halogens is 1. The zero-order chi connectivity index (χ0) is 17.1. The molecule has 0 bridgehead atoms.